The van der Waals surface area contributed by atoms with Gasteiger partial charge >= 0.3 is 12.1 Å². The van der Waals surface area contributed by atoms with E-state index >= 15 is 0 Å². The van der Waals surface area contributed by atoms with Crippen molar-refractivity contribution in [2.24, 2.45) is 5.92 Å². The van der Waals surface area contributed by atoms with Gasteiger partial charge in [0.15, 0.2) is 0 Å². The third kappa shape index (κ3) is 8.20. The quantitative estimate of drug-likeness (QED) is 0.485. The van der Waals surface area contributed by atoms with Crippen LogP contribution in [-0.2, 0) is 14.3 Å². The molecule has 0 aromatic heterocycles. The molecule has 0 aliphatic rings. The fourth-order valence-corrected chi connectivity index (χ4v) is 1.39. The molecule has 0 rings (SSSR count). The number of ether oxygens (including phenoxy) is 2. The first-order valence-electron chi connectivity index (χ1n) is 6.36. The van der Waals surface area contributed by atoms with Crippen LogP contribution in [0.5, 0.6) is 0 Å². The van der Waals surface area contributed by atoms with Gasteiger partial charge in [0.05, 0.1) is 5.92 Å². The highest BCUT2D eigenvalue weighted by atomic mass is 16.6. The van der Waals surface area contributed by atoms with Crippen LogP contribution in [-0.4, -0.2) is 55.0 Å². The summed E-state index contributed by atoms with van der Waals surface area (Å²) in [5.74, 6) is -1.57. The summed E-state index contributed by atoms with van der Waals surface area (Å²) in [5, 5.41) is 8.88. The molecule has 0 heterocycles. The third-order valence-corrected chi connectivity index (χ3v) is 2.42. The van der Waals surface area contributed by atoms with Crippen molar-refractivity contribution in [1.82, 2.24) is 4.90 Å². The van der Waals surface area contributed by atoms with Gasteiger partial charge in [-0.1, -0.05) is 19.6 Å². The van der Waals surface area contributed by atoms with Gasteiger partial charge < -0.3 is 19.5 Å². The fourth-order valence-electron chi connectivity index (χ4n) is 1.39. The zero-order valence-corrected chi connectivity index (χ0v) is 11.6. The summed E-state index contributed by atoms with van der Waals surface area (Å²) in [6, 6.07) is 0. The zero-order chi connectivity index (χ0) is 14.7. The van der Waals surface area contributed by atoms with Crippen molar-refractivity contribution in [1.29, 1.82) is 0 Å². The Morgan fingerprint density at radius 3 is 2.68 bits per heavy atom. The maximum Gasteiger partial charge on any atom is 0.410 e. The predicted octanol–water partition coefficient (Wildman–Crippen LogP) is 1.76. The van der Waals surface area contributed by atoms with E-state index in [9.17, 15) is 9.59 Å². The van der Waals surface area contributed by atoms with E-state index in [1.54, 1.807) is 6.92 Å². The molecule has 0 fully saturated rings. The normalized spacial score (nSPS) is 11.7. The van der Waals surface area contributed by atoms with Crippen LogP contribution >= 0.6 is 0 Å². The Morgan fingerprint density at radius 2 is 2.16 bits per heavy atom. The summed E-state index contributed by atoms with van der Waals surface area (Å²) in [5.41, 5.74) is 0. The van der Waals surface area contributed by atoms with Crippen LogP contribution in [0, 0.1) is 5.92 Å². The monoisotopic (exact) mass is 273 g/mol. The topological polar surface area (TPSA) is 76.1 Å². The number of nitrogens with zero attached hydrogens (tertiary/aromatic N) is 1. The lowest BCUT2D eigenvalue weighted by molar-refractivity contribution is -0.141. The summed E-state index contributed by atoms with van der Waals surface area (Å²) in [6.45, 7) is 8.70. The maximum absolute atomic E-state index is 11.7. The Kier molecular flexibility index (Phi) is 9.52. The van der Waals surface area contributed by atoms with E-state index in [0.717, 1.165) is 0 Å². The Morgan fingerprint density at radius 1 is 1.47 bits per heavy atom. The lowest BCUT2D eigenvalue weighted by Crippen LogP contribution is -2.38. The predicted molar refractivity (Wildman–Crippen MR) is 71.0 cm³/mol. The van der Waals surface area contributed by atoms with Gasteiger partial charge in [-0.2, -0.15) is 0 Å². The smallest absolute Gasteiger partial charge is 0.410 e. The molecule has 0 aliphatic carbocycles. The van der Waals surface area contributed by atoms with Crippen LogP contribution in [0.1, 0.15) is 20.3 Å². The van der Waals surface area contributed by atoms with Crippen molar-refractivity contribution in [2.45, 2.75) is 20.3 Å². The number of rotatable bonds is 10. The summed E-state index contributed by atoms with van der Waals surface area (Å²) in [6.07, 6.45) is 1.59. The van der Waals surface area contributed by atoms with Gasteiger partial charge in [-0.15, -0.1) is 0 Å². The number of carboxylic acid groups (broad SMARTS) is 1. The molecule has 0 aromatic carbocycles. The van der Waals surface area contributed by atoms with Crippen LogP contribution in [0.2, 0.25) is 0 Å². The number of aliphatic carboxylic acids is 1. The van der Waals surface area contributed by atoms with Crippen molar-refractivity contribution in [2.75, 3.05) is 32.9 Å². The molecule has 19 heavy (non-hydrogen) atoms. The van der Waals surface area contributed by atoms with Crippen LogP contribution in [0.3, 0.4) is 0 Å². The summed E-state index contributed by atoms with van der Waals surface area (Å²) in [7, 11) is 0. The molecule has 1 amide bonds. The largest absolute Gasteiger partial charge is 0.481 e. The minimum Gasteiger partial charge on any atom is -0.481 e. The molecule has 0 spiro atoms. The first-order chi connectivity index (χ1) is 9.02. The van der Waals surface area contributed by atoms with E-state index in [2.05, 4.69) is 6.58 Å². The molecule has 6 nitrogen and oxygen atoms in total. The number of hydrogen-bond donors (Lipinski definition) is 1. The first kappa shape index (κ1) is 17.4. The molecule has 0 aliphatic heterocycles. The molecule has 0 bridgehead atoms. The second kappa shape index (κ2) is 10.4. The van der Waals surface area contributed by atoms with Crippen molar-refractivity contribution < 1.29 is 24.2 Å². The number of carbonyl (C=O) groups excluding carboxylic acids is 1. The molecule has 1 N–H and O–H groups in total. The van der Waals surface area contributed by atoms with E-state index in [1.165, 1.54) is 11.0 Å². The first-order valence-corrected chi connectivity index (χ1v) is 6.36. The van der Waals surface area contributed by atoms with Crippen LogP contribution in [0.4, 0.5) is 4.79 Å². The highest BCUT2D eigenvalue weighted by Crippen LogP contribution is 2.04. The highest BCUT2D eigenvalue weighted by Gasteiger charge is 2.21. The van der Waals surface area contributed by atoms with Crippen molar-refractivity contribution in [3.63, 3.8) is 0 Å². The molecule has 0 radical (unpaired) electrons. The number of carboxylic acids is 1. The van der Waals surface area contributed by atoms with Crippen molar-refractivity contribution in [3.05, 3.63) is 12.7 Å². The number of carbonyl (C=O) groups is 2. The molecule has 1 unspecified atom stereocenters. The van der Waals surface area contributed by atoms with E-state index < -0.39 is 18.0 Å². The van der Waals surface area contributed by atoms with Crippen molar-refractivity contribution >= 4 is 12.1 Å². The molecular weight excluding hydrogens is 250 g/mol. The van der Waals surface area contributed by atoms with E-state index in [1.807, 2.05) is 6.92 Å². The van der Waals surface area contributed by atoms with Crippen LogP contribution in [0.15, 0.2) is 12.7 Å². The minimum absolute atomic E-state index is 0.113. The van der Waals surface area contributed by atoms with Gasteiger partial charge in [0.25, 0.3) is 0 Å². The van der Waals surface area contributed by atoms with E-state index in [4.69, 9.17) is 14.6 Å². The van der Waals surface area contributed by atoms with E-state index in [0.29, 0.717) is 26.2 Å². The number of hydrogen-bond acceptors (Lipinski definition) is 4. The standard InChI is InChI=1S/C13H23NO5/c1-4-8-19-13(17)14(7-6-9-18-5-2)10-11(3)12(15)16/h4,11H,1,5-10H2,2-3H3,(H,15,16). The summed E-state index contributed by atoms with van der Waals surface area (Å²) >= 11 is 0. The van der Waals surface area contributed by atoms with Crippen molar-refractivity contribution in [3.8, 4) is 0 Å². The lowest BCUT2D eigenvalue weighted by Gasteiger charge is -2.23. The van der Waals surface area contributed by atoms with Gasteiger partial charge in [0, 0.05) is 26.3 Å². The zero-order valence-electron chi connectivity index (χ0n) is 11.6. The van der Waals surface area contributed by atoms with Gasteiger partial charge in [-0.05, 0) is 13.3 Å². The third-order valence-electron chi connectivity index (χ3n) is 2.42. The molecule has 110 valence electrons. The van der Waals surface area contributed by atoms with Crippen LogP contribution < -0.4 is 0 Å². The Bertz CT molecular complexity index is 293. The van der Waals surface area contributed by atoms with E-state index in [-0.39, 0.29) is 13.2 Å². The van der Waals surface area contributed by atoms with Gasteiger partial charge in [0.1, 0.15) is 6.61 Å². The van der Waals surface area contributed by atoms with Gasteiger partial charge in [0.2, 0.25) is 0 Å². The van der Waals surface area contributed by atoms with Crippen LogP contribution in [0.25, 0.3) is 0 Å². The Hall–Kier alpha value is -1.56. The molecule has 0 saturated heterocycles. The molecular formula is C13H23NO5. The SMILES string of the molecule is C=CCOC(=O)N(CCCOCC)CC(C)C(=O)O. The molecule has 0 saturated carbocycles. The molecule has 0 aromatic rings. The maximum atomic E-state index is 11.7. The summed E-state index contributed by atoms with van der Waals surface area (Å²) in [4.78, 5) is 24.0. The molecule has 1 atom stereocenters. The second-order valence-electron chi connectivity index (χ2n) is 4.10. The average Bonchev–Trinajstić information content (AvgIpc) is 2.39. The lowest BCUT2D eigenvalue weighted by atomic mass is 10.2. The fraction of sp³-hybridized carbons (Fsp3) is 0.692. The summed E-state index contributed by atoms with van der Waals surface area (Å²) < 4.78 is 10.1. The van der Waals surface area contributed by atoms with Gasteiger partial charge in [-0.25, -0.2) is 4.79 Å². The second-order valence-corrected chi connectivity index (χ2v) is 4.10. The molecule has 6 heteroatoms. The highest BCUT2D eigenvalue weighted by molar-refractivity contribution is 5.72. The average molecular weight is 273 g/mol. The Labute approximate surface area is 114 Å². The minimum atomic E-state index is -0.939. The Balaban J connectivity index is 4.32. The van der Waals surface area contributed by atoms with Gasteiger partial charge in [-0.3, -0.25) is 4.79 Å². The number of amides is 1.